The second-order valence-corrected chi connectivity index (χ2v) is 4.49. The van der Waals surface area contributed by atoms with E-state index < -0.39 is 0 Å². The van der Waals surface area contributed by atoms with E-state index in [-0.39, 0.29) is 12.3 Å². The monoisotopic (exact) mass is 295 g/mol. The molecule has 0 saturated heterocycles. The Kier molecular flexibility index (Phi) is 4.15. The molecule has 3 aromatic rings. The maximum absolute atomic E-state index is 11.8. The van der Waals surface area contributed by atoms with Crippen molar-refractivity contribution in [2.75, 3.05) is 5.32 Å². The lowest BCUT2D eigenvalue weighted by molar-refractivity contribution is -0.116. The molecule has 0 atom stereocenters. The first-order valence-corrected chi connectivity index (χ1v) is 6.76. The summed E-state index contributed by atoms with van der Waals surface area (Å²) in [5.41, 5.74) is 0.635. The van der Waals surface area contributed by atoms with Crippen LogP contribution in [0.5, 0.6) is 0 Å². The number of aryl methyl sites for hydroxylation is 1. The number of pyridine rings is 2. The second-order valence-electron chi connectivity index (χ2n) is 4.49. The molecule has 0 bridgehead atoms. The van der Waals surface area contributed by atoms with E-state index in [9.17, 15) is 4.79 Å². The third-order valence-corrected chi connectivity index (χ3v) is 2.86. The van der Waals surface area contributed by atoms with Gasteiger partial charge in [-0.05, 0) is 24.3 Å². The zero-order valence-corrected chi connectivity index (χ0v) is 11.6. The Bertz CT molecular complexity index is 743. The molecule has 0 saturated carbocycles. The van der Waals surface area contributed by atoms with E-state index in [0.29, 0.717) is 29.6 Å². The Balaban J connectivity index is 1.56. The van der Waals surface area contributed by atoms with Crippen molar-refractivity contribution in [1.82, 2.24) is 20.1 Å². The lowest BCUT2D eigenvalue weighted by Crippen LogP contribution is -2.13. The van der Waals surface area contributed by atoms with Crippen LogP contribution in [0.1, 0.15) is 12.3 Å². The first kappa shape index (κ1) is 13.9. The number of aromatic nitrogens is 4. The van der Waals surface area contributed by atoms with E-state index in [1.165, 1.54) is 0 Å². The molecule has 1 N–H and O–H groups in total. The van der Waals surface area contributed by atoms with Crippen LogP contribution < -0.4 is 5.32 Å². The van der Waals surface area contributed by atoms with E-state index >= 15 is 0 Å². The van der Waals surface area contributed by atoms with Gasteiger partial charge in [0.05, 0.1) is 0 Å². The van der Waals surface area contributed by atoms with Gasteiger partial charge in [-0.25, -0.2) is 4.98 Å². The van der Waals surface area contributed by atoms with Crippen LogP contribution in [0.15, 0.2) is 53.3 Å². The molecule has 1 amide bonds. The number of rotatable bonds is 5. The van der Waals surface area contributed by atoms with Gasteiger partial charge in [-0.1, -0.05) is 17.3 Å². The molecule has 0 aliphatic heterocycles. The molecule has 0 aromatic carbocycles. The van der Waals surface area contributed by atoms with Crippen molar-refractivity contribution in [2.45, 2.75) is 12.8 Å². The number of nitrogens with one attached hydrogen (secondary N) is 1. The van der Waals surface area contributed by atoms with Gasteiger partial charge in [-0.2, -0.15) is 4.98 Å². The smallest absolute Gasteiger partial charge is 0.227 e. The second kappa shape index (κ2) is 6.57. The average Bonchev–Trinajstić information content (AvgIpc) is 3.04. The number of carbonyl (C=O) groups is 1. The van der Waals surface area contributed by atoms with Gasteiger partial charge in [0.15, 0.2) is 0 Å². The number of hydrogen-bond donors (Lipinski definition) is 1. The minimum Gasteiger partial charge on any atom is -0.339 e. The number of hydrogen-bond acceptors (Lipinski definition) is 6. The van der Waals surface area contributed by atoms with Crippen molar-refractivity contribution in [3.63, 3.8) is 0 Å². The highest BCUT2D eigenvalue weighted by atomic mass is 16.5. The van der Waals surface area contributed by atoms with Gasteiger partial charge in [-0.3, -0.25) is 9.78 Å². The summed E-state index contributed by atoms with van der Waals surface area (Å²) in [6, 6.07) is 10.8. The Morgan fingerprint density at radius 3 is 2.64 bits per heavy atom. The van der Waals surface area contributed by atoms with Gasteiger partial charge in [0.1, 0.15) is 11.5 Å². The van der Waals surface area contributed by atoms with Crippen molar-refractivity contribution >= 4 is 11.7 Å². The molecule has 22 heavy (non-hydrogen) atoms. The van der Waals surface area contributed by atoms with Crippen LogP contribution in [0.2, 0.25) is 0 Å². The lowest BCUT2D eigenvalue weighted by Gasteiger charge is -2.01. The van der Waals surface area contributed by atoms with Gasteiger partial charge in [-0.15, -0.1) is 0 Å². The minimum absolute atomic E-state index is 0.156. The van der Waals surface area contributed by atoms with Crippen LogP contribution in [0.3, 0.4) is 0 Å². The largest absolute Gasteiger partial charge is 0.339 e. The fraction of sp³-hybridized carbons (Fsp3) is 0.133. The molecule has 3 aromatic heterocycles. The number of amides is 1. The summed E-state index contributed by atoms with van der Waals surface area (Å²) in [6.07, 6.45) is 3.87. The summed E-state index contributed by atoms with van der Waals surface area (Å²) in [7, 11) is 0. The number of carbonyl (C=O) groups excluding carboxylic acids is 1. The van der Waals surface area contributed by atoms with E-state index in [1.807, 2.05) is 12.1 Å². The van der Waals surface area contributed by atoms with Gasteiger partial charge in [0.2, 0.25) is 17.6 Å². The van der Waals surface area contributed by atoms with E-state index in [2.05, 4.69) is 25.4 Å². The zero-order valence-electron chi connectivity index (χ0n) is 11.6. The summed E-state index contributed by atoms with van der Waals surface area (Å²) >= 11 is 0. The fourth-order valence-corrected chi connectivity index (χ4v) is 1.82. The molecule has 0 radical (unpaired) electrons. The fourth-order valence-electron chi connectivity index (χ4n) is 1.82. The molecule has 110 valence electrons. The van der Waals surface area contributed by atoms with Crippen LogP contribution in [-0.2, 0) is 11.2 Å². The molecule has 3 rings (SSSR count). The lowest BCUT2D eigenvalue weighted by atomic mass is 10.3. The van der Waals surface area contributed by atoms with Crippen LogP contribution in [0, 0.1) is 0 Å². The van der Waals surface area contributed by atoms with Crippen LogP contribution in [0.25, 0.3) is 11.5 Å². The number of nitrogens with zero attached hydrogens (tertiary/aromatic N) is 4. The van der Waals surface area contributed by atoms with Crippen LogP contribution in [-0.4, -0.2) is 26.0 Å². The van der Waals surface area contributed by atoms with Crippen molar-refractivity contribution in [3.8, 4) is 11.5 Å². The van der Waals surface area contributed by atoms with Crippen molar-refractivity contribution < 1.29 is 9.32 Å². The maximum Gasteiger partial charge on any atom is 0.227 e. The molecule has 0 unspecified atom stereocenters. The quantitative estimate of drug-likeness (QED) is 0.774. The predicted molar refractivity (Wildman–Crippen MR) is 78.7 cm³/mol. The molecule has 3 heterocycles. The SMILES string of the molecule is O=C(CCc1nc(-c2ccccn2)no1)Nc1ccccn1. The molecule has 7 heteroatoms. The summed E-state index contributed by atoms with van der Waals surface area (Å²) in [6.45, 7) is 0. The molecular formula is C15H13N5O2. The normalized spacial score (nSPS) is 10.4. The van der Waals surface area contributed by atoms with E-state index in [0.717, 1.165) is 0 Å². The Morgan fingerprint density at radius 1 is 1.09 bits per heavy atom. The van der Waals surface area contributed by atoms with Crippen molar-refractivity contribution in [1.29, 1.82) is 0 Å². The number of anilines is 1. The van der Waals surface area contributed by atoms with Crippen LogP contribution >= 0.6 is 0 Å². The van der Waals surface area contributed by atoms with E-state index in [1.54, 1.807) is 36.7 Å². The topological polar surface area (TPSA) is 93.8 Å². The third kappa shape index (κ3) is 3.51. The highest BCUT2D eigenvalue weighted by Crippen LogP contribution is 2.13. The van der Waals surface area contributed by atoms with Crippen molar-refractivity contribution in [3.05, 3.63) is 54.7 Å². The summed E-state index contributed by atoms with van der Waals surface area (Å²) < 4.78 is 5.12. The summed E-state index contributed by atoms with van der Waals surface area (Å²) in [4.78, 5) is 24.2. The predicted octanol–water partition coefficient (Wildman–Crippen LogP) is 2.10. The summed E-state index contributed by atoms with van der Waals surface area (Å²) in [5, 5.41) is 6.55. The maximum atomic E-state index is 11.8. The van der Waals surface area contributed by atoms with Crippen LogP contribution in [0.4, 0.5) is 5.82 Å². The standard InChI is InChI=1S/C15H13N5O2/c21-13(18-12-6-2-4-10-17-12)7-8-14-19-15(20-22-14)11-5-1-3-9-16-11/h1-6,9-10H,7-8H2,(H,17,18,21). The highest BCUT2D eigenvalue weighted by Gasteiger charge is 2.11. The molecule has 0 aliphatic carbocycles. The molecular weight excluding hydrogens is 282 g/mol. The molecule has 0 aliphatic rings. The molecule has 0 spiro atoms. The van der Waals surface area contributed by atoms with Gasteiger partial charge in [0, 0.05) is 25.2 Å². The summed E-state index contributed by atoms with van der Waals surface area (Å²) in [5.74, 6) is 1.18. The van der Waals surface area contributed by atoms with Gasteiger partial charge >= 0.3 is 0 Å². The zero-order chi connectivity index (χ0) is 15.2. The first-order chi connectivity index (χ1) is 10.8. The van der Waals surface area contributed by atoms with Gasteiger partial charge < -0.3 is 9.84 Å². The Labute approximate surface area is 126 Å². The first-order valence-electron chi connectivity index (χ1n) is 6.76. The minimum atomic E-state index is -0.156. The Morgan fingerprint density at radius 2 is 1.91 bits per heavy atom. The Hall–Kier alpha value is -3.09. The average molecular weight is 295 g/mol. The van der Waals surface area contributed by atoms with E-state index in [4.69, 9.17) is 4.52 Å². The van der Waals surface area contributed by atoms with Crippen molar-refractivity contribution in [2.24, 2.45) is 0 Å². The molecule has 7 nitrogen and oxygen atoms in total. The highest BCUT2D eigenvalue weighted by molar-refractivity contribution is 5.89. The third-order valence-electron chi connectivity index (χ3n) is 2.86. The molecule has 0 fully saturated rings. The van der Waals surface area contributed by atoms with Gasteiger partial charge in [0.25, 0.3) is 0 Å².